The van der Waals surface area contributed by atoms with E-state index in [2.05, 4.69) is 10.4 Å². The molecule has 27 heavy (non-hydrogen) atoms. The Labute approximate surface area is 156 Å². The van der Waals surface area contributed by atoms with E-state index in [9.17, 15) is 13.6 Å². The van der Waals surface area contributed by atoms with Crippen LogP contribution in [-0.2, 0) is 11.2 Å². The van der Waals surface area contributed by atoms with E-state index in [4.69, 9.17) is 0 Å². The van der Waals surface area contributed by atoms with Crippen molar-refractivity contribution >= 4 is 5.91 Å². The fraction of sp³-hybridized carbons (Fsp3) is 0.238. The van der Waals surface area contributed by atoms with Crippen molar-refractivity contribution in [2.24, 2.45) is 0 Å². The van der Waals surface area contributed by atoms with Crippen LogP contribution in [0, 0.1) is 25.5 Å². The van der Waals surface area contributed by atoms with Crippen molar-refractivity contribution in [3.05, 3.63) is 82.7 Å². The highest BCUT2D eigenvalue weighted by atomic mass is 19.1. The summed E-state index contributed by atoms with van der Waals surface area (Å²) in [5.41, 5.74) is 2.86. The molecule has 1 aromatic heterocycles. The van der Waals surface area contributed by atoms with Gasteiger partial charge in [-0.1, -0.05) is 30.3 Å². The van der Waals surface area contributed by atoms with Crippen LogP contribution in [0.3, 0.4) is 0 Å². The number of hydrogen-bond acceptors (Lipinski definition) is 2. The van der Waals surface area contributed by atoms with Gasteiger partial charge in [-0.15, -0.1) is 0 Å². The lowest BCUT2D eigenvalue weighted by Gasteiger charge is -2.15. The molecule has 0 saturated carbocycles. The number of amides is 1. The number of nitrogens with one attached hydrogen (secondary N) is 1. The highest BCUT2D eigenvalue weighted by molar-refractivity contribution is 5.79. The van der Waals surface area contributed by atoms with Crippen LogP contribution in [0.5, 0.6) is 0 Å². The summed E-state index contributed by atoms with van der Waals surface area (Å²) in [6.45, 7) is 5.32. The standard InChI is InChI=1S/C21H21F2N3O/c1-13(16-8-4-5-9-18(16)22)24-21(27)12-17-14(2)25-26(15(17)3)20-11-7-6-10-19(20)23/h4-11,13H,12H2,1-3H3,(H,24,27)/t13-/m1/s1. The molecule has 1 N–H and O–H groups in total. The van der Waals surface area contributed by atoms with Gasteiger partial charge in [0.25, 0.3) is 0 Å². The van der Waals surface area contributed by atoms with Crippen molar-refractivity contribution in [1.82, 2.24) is 15.1 Å². The van der Waals surface area contributed by atoms with Crippen molar-refractivity contribution in [3.63, 3.8) is 0 Å². The van der Waals surface area contributed by atoms with E-state index in [1.165, 1.54) is 16.8 Å². The molecule has 6 heteroatoms. The lowest BCUT2D eigenvalue weighted by Crippen LogP contribution is -2.29. The molecule has 0 aliphatic heterocycles. The minimum Gasteiger partial charge on any atom is -0.349 e. The molecule has 0 saturated heterocycles. The van der Waals surface area contributed by atoms with Crippen LogP contribution < -0.4 is 5.32 Å². The quantitative estimate of drug-likeness (QED) is 0.733. The first-order valence-electron chi connectivity index (χ1n) is 8.72. The maximum Gasteiger partial charge on any atom is 0.225 e. The smallest absolute Gasteiger partial charge is 0.225 e. The van der Waals surface area contributed by atoms with Gasteiger partial charge in [-0.25, -0.2) is 13.5 Å². The van der Waals surface area contributed by atoms with Gasteiger partial charge in [-0.3, -0.25) is 4.79 Å². The number of benzene rings is 2. The van der Waals surface area contributed by atoms with E-state index >= 15 is 0 Å². The summed E-state index contributed by atoms with van der Waals surface area (Å²) in [7, 11) is 0. The Hall–Kier alpha value is -3.02. The molecule has 3 rings (SSSR count). The maximum atomic E-state index is 14.1. The third kappa shape index (κ3) is 3.89. The first-order chi connectivity index (χ1) is 12.9. The van der Waals surface area contributed by atoms with Crippen LogP contribution in [-0.4, -0.2) is 15.7 Å². The van der Waals surface area contributed by atoms with Crippen molar-refractivity contribution in [2.45, 2.75) is 33.2 Å². The molecular weight excluding hydrogens is 348 g/mol. The Kier molecular flexibility index (Phi) is 5.35. The second kappa shape index (κ2) is 7.70. The third-order valence-corrected chi connectivity index (χ3v) is 4.61. The predicted molar refractivity (Wildman–Crippen MR) is 99.7 cm³/mol. The summed E-state index contributed by atoms with van der Waals surface area (Å²) >= 11 is 0. The molecular formula is C21H21F2N3O. The van der Waals surface area contributed by atoms with Crippen LogP contribution in [0.1, 0.15) is 35.5 Å². The molecule has 1 heterocycles. The van der Waals surface area contributed by atoms with Crippen LogP contribution in [0.15, 0.2) is 48.5 Å². The molecule has 0 radical (unpaired) electrons. The second-order valence-electron chi connectivity index (χ2n) is 6.50. The van der Waals surface area contributed by atoms with Gasteiger partial charge in [0.1, 0.15) is 17.3 Å². The minimum absolute atomic E-state index is 0.0882. The molecule has 0 spiro atoms. The fourth-order valence-corrected chi connectivity index (χ4v) is 3.15. The van der Waals surface area contributed by atoms with E-state index in [-0.39, 0.29) is 24.0 Å². The predicted octanol–water partition coefficient (Wildman–Crippen LogP) is 4.19. The first-order valence-corrected chi connectivity index (χ1v) is 8.72. The molecule has 0 aliphatic carbocycles. The van der Waals surface area contributed by atoms with Crippen LogP contribution in [0.4, 0.5) is 8.78 Å². The summed E-state index contributed by atoms with van der Waals surface area (Å²) < 4.78 is 29.5. The summed E-state index contributed by atoms with van der Waals surface area (Å²) in [5.74, 6) is -0.984. The van der Waals surface area contributed by atoms with Gasteiger partial charge >= 0.3 is 0 Å². The Morgan fingerprint density at radius 3 is 2.37 bits per heavy atom. The monoisotopic (exact) mass is 369 g/mol. The lowest BCUT2D eigenvalue weighted by molar-refractivity contribution is -0.121. The Balaban J connectivity index is 1.79. The maximum absolute atomic E-state index is 14.1. The number of aryl methyl sites for hydroxylation is 1. The van der Waals surface area contributed by atoms with Crippen molar-refractivity contribution < 1.29 is 13.6 Å². The van der Waals surface area contributed by atoms with Crippen LogP contribution >= 0.6 is 0 Å². The number of hydrogen-bond donors (Lipinski definition) is 1. The second-order valence-corrected chi connectivity index (χ2v) is 6.50. The van der Waals surface area contributed by atoms with E-state index in [1.54, 1.807) is 57.2 Å². The van der Waals surface area contributed by atoms with Gasteiger partial charge in [-0.2, -0.15) is 5.10 Å². The number of para-hydroxylation sites is 1. The molecule has 0 fully saturated rings. The normalized spacial score (nSPS) is 12.0. The number of carbonyl (C=O) groups is 1. The molecule has 1 amide bonds. The molecule has 2 aromatic carbocycles. The van der Waals surface area contributed by atoms with Gasteiger partial charge in [0, 0.05) is 16.8 Å². The SMILES string of the molecule is Cc1nn(-c2ccccc2F)c(C)c1CC(=O)N[C@H](C)c1ccccc1F. The lowest BCUT2D eigenvalue weighted by atomic mass is 10.1. The van der Waals surface area contributed by atoms with Crippen molar-refractivity contribution in [3.8, 4) is 5.69 Å². The van der Waals surface area contributed by atoms with E-state index in [0.29, 0.717) is 22.6 Å². The largest absolute Gasteiger partial charge is 0.349 e. The third-order valence-electron chi connectivity index (χ3n) is 4.61. The van der Waals surface area contributed by atoms with Gasteiger partial charge in [0.2, 0.25) is 5.91 Å². The molecule has 1 atom stereocenters. The summed E-state index contributed by atoms with van der Waals surface area (Å²) in [4.78, 5) is 12.5. The first kappa shape index (κ1) is 18.8. The molecule has 3 aromatic rings. The Morgan fingerprint density at radius 2 is 1.70 bits per heavy atom. The van der Waals surface area contributed by atoms with E-state index < -0.39 is 6.04 Å². The van der Waals surface area contributed by atoms with Crippen LogP contribution in [0.2, 0.25) is 0 Å². The summed E-state index contributed by atoms with van der Waals surface area (Å²) in [6.07, 6.45) is 0.0882. The Morgan fingerprint density at radius 1 is 1.07 bits per heavy atom. The Bertz CT molecular complexity index is 981. The highest BCUT2D eigenvalue weighted by Crippen LogP contribution is 2.21. The van der Waals surface area contributed by atoms with E-state index in [1.807, 2.05) is 0 Å². The van der Waals surface area contributed by atoms with Gasteiger partial charge in [0.15, 0.2) is 0 Å². The average Bonchev–Trinajstić information content (AvgIpc) is 2.90. The molecule has 0 bridgehead atoms. The number of aromatic nitrogens is 2. The van der Waals surface area contributed by atoms with Gasteiger partial charge < -0.3 is 5.32 Å². The zero-order valence-electron chi connectivity index (χ0n) is 15.5. The zero-order valence-corrected chi connectivity index (χ0v) is 15.5. The summed E-state index contributed by atoms with van der Waals surface area (Å²) in [5, 5.41) is 7.19. The number of rotatable bonds is 5. The average molecular weight is 369 g/mol. The van der Waals surface area contributed by atoms with Crippen molar-refractivity contribution in [1.29, 1.82) is 0 Å². The molecule has 4 nitrogen and oxygen atoms in total. The van der Waals surface area contributed by atoms with Gasteiger partial charge in [0.05, 0.1) is 18.2 Å². The zero-order chi connectivity index (χ0) is 19.6. The van der Waals surface area contributed by atoms with Gasteiger partial charge in [-0.05, 0) is 39.0 Å². The number of carbonyl (C=O) groups excluding carboxylic acids is 1. The molecule has 0 unspecified atom stereocenters. The summed E-state index contributed by atoms with van der Waals surface area (Å²) in [6, 6.07) is 12.2. The molecule has 140 valence electrons. The minimum atomic E-state index is -0.457. The fourth-order valence-electron chi connectivity index (χ4n) is 3.15. The van der Waals surface area contributed by atoms with Crippen LogP contribution in [0.25, 0.3) is 5.69 Å². The number of nitrogens with zero attached hydrogens (tertiary/aromatic N) is 2. The molecule has 0 aliphatic rings. The van der Waals surface area contributed by atoms with Crippen molar-refractivity contribution in [2.75, 3.05) is 0 Å². The van der Waals surface area contributed by atoms with E-state index in [0.717, 1.165) is 5.56 Å². The number of halogens is 2. The highest BCUT2D eigenvalue weighted by Gasteiger charge is 2.19. The topological polar surface area (TPSA) is 46.9 Å².